The topological polar surface area (TPSA) is 115 Å². The molecule has 0 saturated carbocycles. The number of nitrogens with zero attached hydrogens (tertiary/aromatic N) is 3. The highest BCUT2D eigenvalue weighted by atomic mass is 35.5. The molecule has 0 atom stereocenters. The van der Waals surface area contributed by atoms with Crippen LogP contribution in [0.4, 0.5) is 11.5 Å². The van der Waals surface area contributed by atoms with Crippen LogP contribution in [0.25, 0.3) is 0 Å². The second-order valence-corrected chi connectivity index (χ2v) is 6.17. The summed E-state index contributed by atoms with van der Waals surface area (Å²) in [6.07, 6.45) is 2.22. The SMILES string of the molecule is O=[N+]([O-])c1cc(Cl)ccc1S(=O)(=O)Nc1cnc(Cl)cn1. The molecule has 8 nitrogen and oxygen atoms in total. The summed E-state index contributed by atoms with van der Waals surface area (Å²) in [5, 5.41) is 11.1. The Bertz CT molecular complexity index is 795. The lowest BCUT2D eigenvalue weighted by Crippen LogP contribution is -2.15. The summed E-state index contributed by atoms with van der Waals surface area (Å²) in [5.41, 5.74) is -0.642. The molecule has 110 valence electrons. The molecule has 0 bridgehead atoms. The van der Waals surface area contributed by atoms with Crippen LogP contribution >= 0.6 is 23.2 Å². The van der Waals surface area contributed by atoms with Gasteiger partial charge in [0.15, 0.2) is 10.7 Å². The zero-order valence-electron chi connectivity index (χ0n) is 10.0. The van der Waals surface area contributed by atoms with Crippen molar-refractivity contribution in [2.45, 2.75) is 4.90 Å². The zero-order valence-corrected chi connectivity index (χ0v) is 12.4. The molecule has 0 unspecified atom stereocenters. The van der Waals surface area contributed by atoms with Gasteiger partial charge in [0.25, 0.3) is 15.7 Å². The van der Waals surface area contributed by atoms with Gasteiger partial charge in [-0.15, -0.1) is 0 Å². The van der Waals surface area contributed by atoms with Crippen molar-refractivity contribution in [1.29, 1.82) is 0 Å². The first-order valence-corrected chi connectivity index (χ1v) is 7.48. The number of benzene rings is 1. The van der Waals surface area contributed by atoms with Crippen LogP contribution in [0.5, 0.6) is 0 Å². The maximum Gasteiger partial charge on any atom is 0.291 e. The van der Waals surface area contributed by atoms with Crippen LogP contribution in [0, 0.1) is 10.1 Å². The Morgan fingerprint density at radius 1 is 1.19 bits per heavy atom. The van der Waals surface area contributed by atoms with E-state index in [-0.39, 0.29) is 16.0 Å². The van der Waals surface area contributed by atoms with Crippen LogP contribution in [-0.4, -0.2) is 23.3 Å². The van der Waals surface area contributed by atoms with Crippen LogP contribution in [0.2, 0.25) is 10.2 Å². The van der Waals surface area contributed by atoms with Crippen LogP contribution in [0.1, 0.15) is 0 Å². The number of halogens is 2. The van der Waals surface area contributed by atoms with Gasteiger partial charge in [-0.25, -0.2) is 18.4 Å². The minimum atomic E-state index is -4.21. The average Bonchev–Trinajstić information content (AvgIpc) is 2.40. The van der Waals surface area contributed by atoms with Crippen molar-refractivity contribution in [2.24, 2.45) is 0 Å². The first-order chi connectivity index (χ1) is 9.79. The highest BCUT2D eigenvalue weighted by Crippen LogP contribution is 2.28. The molecule has 21 heavy (non-hydrogen) atoms. The molecule has 0 amide bonds. The number of hydrogen-bond acceptors (Lipinski definition) is 6. The largest absolute Gasteiger partial charge is 0.291 e. The second-order valence-electron chi connectivity index (χ2n) is 3.70. The third-order valence-electron chi connectivity index (χ3n) is 2.27. The van der Waals surface area contributed by atoms with E-state index in [1.165, 1.54) is 6.07 Å². The van der Waals surface area contributed by atoms with Gasteiger partial charge in [0.05, 0.1) is 17.3 Å². The van der Waals surface area contributed by atoms with Gasteiger partial charge in [-0.1, -0.05) is 23.2 Å². The third-order valence-corrected chi connectivity index (χ3v) is 4.10. The van der Waals surface area contributed by atoms with Crippen molar-refractivity contribution >= 4 is 44.7 Å². The van der Waals surface area contributed by atoms with Crippen molar-refractivity contribution in [3.8, 4) is 0 Å². The highest BCUT2D eigenvalue weighted by Gasteiger charge is 2.26. The number of nitro groups is 1. The molecule has 1 N–H and O–H groups in total. The molecule has 2 aromatic rings. The molecule has 0 aliphatic heterocycles. The minimum Gasteiger partial charge on any atom is -0.262 e. The number of nitrogens with one attached hydrogen (secondary N) is 1. The number of anilines is 1. The maximum absolute atomic E-state index is 12.2. The smallest absolute Gasteiger partial charge is 0.262 e. The van der Waals surface area contributed by atoms with E-state index in [0.29, 0.717) is 0 Å². The molecule has 0 saturated heterocycles. The van der Waals surface area contributed by atoms with E-state index in [2.05, 4.69) is 14.7 Å². The standard InChI is InChI=1S/C10H6Cl2N4O4S/c11-6-1-2-8(7(3-6)16(17)18)21(19,20)15-10-5-13-9(12)4-14-10/h1-5H,(H,14,15). The van der Waals surface area contributed by atoms with Gasteiger partial charge in [0.2, 0.25) is 0 Å². The molecule has 1 aromatic heterocycles. The predicted octanol–water partition coefficient (Wildman–Crippen LogP) is 2.49. The number of rotatable bonds is 4. The molecule has 1 heterocycles. The Labute approximate surface area is 128 Å². The van der Waals surface area contributed by atoms with Gasteiger partial charge in [-0.3, -0.25) is 14.8 Å². The molecular weight excluding hydrogens is 343 g/mol. The second kappa shape index (κ2) is 5.80. The predicted molar refractivity (Wildman–Crippen MR) is 76.0 cm³/mol. The van der Waals surface area contributed by atoms with Crippen molar-refractivity contribution in [3.05, 3.63) is 50.9 Å². The van der Waals surface area contributed by atoms with E-state index in [0.717, 1.165) is 24.5 Å². The summed E-state index contributed by atoms with van der Waals surface area (Å²) in [4.78, 5) is 16.9. The van der Waals surface area contributed by atoms with Crippen molar-refractivity contribution in [3.63, 3.8) is 0 Å². The molecule has 0 aliphatic carbocycles. The van der Waals surface area contributed by atoms with E-state index in [9.17, 15) is 18.5 Å². The fourth-order valence-corrected chi connectivity index (χ4v) is 2.83. The van der Waals surface area contributed by atoms with E-state index in [1.54, 1.807) is 0 Å². The third kappa shape index (κ3) is 3.57. The van der Waals surface area contributed by atoms with Gasteiger partial charge in [0.1, 0.15) is 5.15 Å². The molecule has 0 radical (unpaired) electrons. The molecule has 2 rings (SSSR count). The lowest BCUT2D eigenvalue weighted by Gasteiger charge is -2.07. The number of aromatic nitrogens is 2. The van der Waals surface area contributed by atoms with Crippen molar-refractivity contribution in [2.75, 3.05) is 4.72 Å². The molecule has 0 aliphatic rings. The Balaban J connectivity index is 2.44. The lowest BCUT2D eigenvalue weighted by atomic mass is 10.3. The van der Waals surface area contributed by atoms with Crippen molar-refractivity contribution in [1.82, 2.24) is 9.97 Å². The van der Waals surface area contributed by atoms with E-state index in [1.807, 2.05) is 0 Å². The summed E-state index contributed by atoms with van der Waals surface area (Å²) in [5.74, 6) is -0.122. The zero-order chi connectivity index (χ0) is 15.6. The number of sulfonamides is 1. The fourth-order valence-electron chi connectivity index (χ4n) is 1.42. The van der Waals surface area contributed by atoms with E-state index < -0.39 is 25.5 Å². The van der Waals surface area contributed by atoms with Crippen LogP contribution < -0.4 is 4.72 Å². The Morgan fingerprint density at radius 3 is 2.48 bits per heavy atom. The van der Waals surface area contributed by atoms with Crippen LogP contribution in [0.3, 0.4) is 0 Å². The molecule has 1 aromatic carbocycles. The van der Waals surface area contributed by atoms with Gasteiger partial charge >= 0.3 is 0 Å². The van der Waals surface area contributed by atoms with Crippen molar-refractivity contribution < 1.29 is 13.3 Å². The maximum atomic E-state index is 12.2. The van der Waals surface area contributed by atoms with Gasteiger partial charge in [0, 0.05) is 11.1 Å². The Kier molecular flexibility index (Phi) is 4.26. The Hall–Kier alpha value is -1.97. The quantitative estimate of drug-likeness (QED) is 0.670. The van der Waals surface area contributed by atoms with Gasteiger partial charge in [-0.05, 0) is 12.1 Å². The normalized spacial score (nSPS) is 11.1. The van der Waals surface area contributed by atoms with Crippen LogP contribution in [-0.2, 0) is 10.0 Å². The minimum absolute atomic E-state index is 0.0481. The fraction of sp³-hybridized carbons (Fsp3) is 0. The summed E-state index contributed by atoms with van der Waals surface area (Å²) >= 11 is 11.2. The molecule has 11 heteroatoms. The van der Waals surface area contributed by atoms with E-state index >= 15 is 0 Å². The first-order valence-electron chi connectivity index (χ1n) is 5.24. The summed E-state index contributed by atoms with van der Waals surface area (Å²) in [7, 11) is -4.21. The molecular formula is C10H6Cl2N4O4S. The van der Waals surface area contributed by atoms with Gasteiger partial charge in [-0.2, -0.15) is 0 Å². The average molecular weight is 349 g/mol. The summed E-state index contributed by atoms with van der Waals surface area (Å²) < 4.78 is 26.4. The first kappa shape index (κ1) is 15.4. The molecule has 0 spiro atoms. The monoisotopic (exact) mass is 348 g/mol. The van der Waals surface area contributed by atoms with Gasteiger partial charge < -0.3 is 0 Å². The number of nitro benzene ring substituents is 1. The van der Waals surface area contributed by atoms with E-state index in [4.69, 9.17) is 23.2 Å². The highest BCUT2D eigenvalue weighted by molar-refractivity contribution is 7.92. The van der Waals surface area contributed by atoms with Crippen LogP contribution in [0.15, 0.2) is 35.5 Å². The summed E-state index contributed by atoms with van der Waals surface area (Å²) in [6, 6.07) is 3.21. The Morgan fingerprint density at radius 2 is 1.90 bits per heavy atom. The number of hydrogen-bond donors (Lipinski definition) is 1. The lowest BCUT2D eigenvalue weighted by molar-refractivity contribution is -0.387. The molecule has 0 fully saturated rings. The summed E-state index contributed by atoms with van der Waals surface area (Å²) in [6.45, 7) is 0.